The van der Waals surface area contributed by atoms with Gasteiger partial charge in [0.25, 0.3) is 5.69 Å². The lowest BCUT2D eigenvalue weighted by molar-refractivity contribution is -0.385. The Morgan fingerprint density at radius 2 is 2.05 bits per heavy atom. The molecule has 0 aliphatic heterocycles. The van der Waals surface area contributed by atoms with Crippen molar-refractivity contribution in [2.45, 2.75) is 13.5 Å². The number of aromatic nitrogens is 1. The second-order valence-electron chi connectivity index (χ2n) is 4.97. The maximum atomic E-state index is 13.4. The van der Waals surface area contributed by atoms with Crippen molar-refractivity contribution in [3.05, 3.63) is 75.7 Å². The maximum absolute atomic E-state index is 13.4. The van der Waals surface area contributed by atoms with Crippen molar-refractivity contribution in [1.82, 2.24) is 4.57 Å². The van der Waals surface area contributed by atoms with E-state index in [0.717, 1.165) is 16.5 Å². The molecule has 0 saturated carbocycles. The summed E-state index contributed by atoms with van der Waals surface area (Å²) in [6.07, 6.45) is 1.86. The van der Waals surface area contributed by atoms with Gasteiger partial charge in [-0.25, -0.2) is 4.39 Å². The van der Waals surface area contributed by atoms with Crippen molar-refractivity contribution < 1.29 is 9.31 Å². The highest BCUT2D eigenvalue weighted by atomic mass is 19.1. The van der Waals surface area contributed by atoms with E-state index in [-0.39, 0.29) is 16.4 Å². The fourth-order valence-electron chi connectivity index (χ4n) is 2.52. The predicted octanol–water partition coefficient (Wildman–Crippen LogP) is 4.05. The van der Waals surface area contributed by atoms with Crippen LogP contribution in [-0.4, -0.2) is 9.49 Å². The summed E-state index contributed by atoms with van der Waals surface area (Å²) in [7, 11) is 0. The average molecular weight is 284 g/mol. The van der Waals surface area contributed by atoms with Crippen molar-refractivity contribution in [2.24, 2.45) is 0 Å². The Hall–Kier alpha value is -2.69. The van der Waals surface area contributed by atoms with Gasteiger partial charge in [-0.3, -0.25) is 10.1 Å². The van der Waals surface area contributed by atoms with Gasteiger partial charge in [0, 0.05) is 24.4 Å². The summed E-state index contributed by atoms with van der Waals surface area (Å²) >= 11 is 0. The molecule has 0 N–H and O–H groups in total. The molecule has 0 aliphatic rings. The van der Waals surface area contributed by atoms with E-state index in [1.807, 2.05) is 22.9 Å². The van der Waals surface area contributed by atoms with Crippen LogP contribution >= 0.6 is 0 Å². The van der Waals surface area contributed by atoms with E-state index in [2.05, 4.69) is 0 Å². The molecule has 106 valence electrons. The van der Waals surface area contributed by atoms with Crippen LogP contribution in [0.15, 0.2) is 48.7 Å². The van der Waals surface area contributed by atoms with Crippen LogP contribution in [-0.2, 0) is 6.54 Å². The number of nitro groups is 1. The SMILES string of the molecule is Cc1c(Cn2ccc3ccc(F)cc32)cccc1[N+](=O)[O-]. The number of halogens is 1. The van der Waals surface area contributed by atoms with Crippen molar-refractivity contribution >= 4 is 16.6 Å². The first-order valence-corrected chi connectivity index (χ1v) is 6.53. The van der Waals surface area contributed by atoms with Gasteiger partial charge < -0.3 is 4.57 Å². The third kappa shape index (κ3) is 2.38. The molecule has 0 radical (unpaired) electrons. The van der Waals surface area contributed by atoms with Gasteiger partial charge in [0.15, 0.2) is 0 Å². The molecule has 0 atom stereocenters. The third-order valence-electron chi connectivity index (χ3n) is 3.69. The zero-order valence-corrected chi connectivity index (χ0v) is 11.4. The highest BCUT2D eigenvalue weighted by Crippen LogP contribution is 2.24. The summed E-state index contributed by atoms with van der Waals surface area (Å²) < 4.78 is 15.3. The van der Waals surface area contributed by atoms with Crippen LogP contribution in [0.1, 0.15) is 11.1 Å². The quantitative estimate of drug-likeness (QED) is 0.538. The van der Waals surface area contributed by atoms with Crippen molar-refractivity contribution in [2.75, 3.05) is 0 Å². The standard InChI is InChI=1S/C16H13FN2O2/c1-11-13(3-2-4-15(11)19(20)21)10-18-8-7-12-5-6-14(17)9-16(12)18/h2-9H,10H2,1H3. The lowest BCUT2D eigenvalue weighted by Crippen LogP contribution is -2.02. The van der Waals surface area contributed by atoms with Gasteiger partial charge in [-0.15, -0.1) is 0 Å². The number of rotatable bonds is 3. The number of benzene rings is 2. The monoisotopic (exact) mass is 284 g/mol. The molecule has 3 rings (SSSR count). The minimum atomic E-state index is -0.383. The Balaban J connectivity index is 2.05. The molecule has 0 fully saturated rings. The summed E-state index contributed by atoms with van der Waals surface area (Å²) in [5.41, 5.74) is 2.38. The molecule has 0 bridgehead atoms. The van der Waals surface area contributed by atoms with Gasteiger partial charge in [-0.2, -0.15) is 0 Å². The van der Waals surface area contributed by atoms with E-state index in [1.54, 1.807) is 19.1 Å². The lowest BCUT2D eigenvalue weighted by Gasteiger charge is -2.09. The molecule has 1 aromatic heterocycles. The Morgan fingerprint density at radius 1 is 1.24 bits per heavy atom. The molecule has 0 saturated heterocycles. The van der Waals surface area contributed by atoms with Gasteiger partial charge in [0.05, 0.1) is 10.4 Å². The highest BCUT2D eigenvalue weighted by molar-refractivity contribution is 5.80. The first kappa shape index (κ1) is 13.3. The molecule has 21 heavy (non-hydrogen) atoms. The molecule has 0 spiro atoms. The first-order valence-electron chi connectivity index (χ1n) is 6.53. The fraction of sp³-hybridized carbons (Fsp3) is 0.125. The van der Waals surface area contributed by atoms with Crippen LogP contribution in [0.2, 0.25) is 0 Å². The second-order valence-corrected chi connectivity index (χ2v) is 4.97. The van der Waals surface area contributed by atoms with E-state index >= 15 is 0 Å². The predicted molar refractivity (Wildman–Crippen MR) is 78.8 cm³/mol. The molecule has 3 aromatic rings. The van der Waals surface area contributed by atoms with Gasteiger partial charge in [0.2, 0.25) is 0 Å². The average Bonchev–Trinajstić information content (AvgIpc) is 2.83. The smallest absolute Gasteiger partial charge is 0.272 e. The van der Waals surface area contributed by atoms with E-state index in [4.69, 9.17) is 0 Å². The molecule has 4 nitrogen and oxygen atoms in total. The van der Waals surface area contributed by atoms with Crippen LogP contribution in [0.3, 0.4) is 0 Å². The fourth-order valence-corrected chi connectivity index (χ4v) is 2.52. The third-order valence-corrected chi connectivity index (χ3v) is 3.69. The van der Waals surface area contributed by atoms with E-state index in [0.29, 0.717) is 12.1 Å². The van der Waals surface area contributed by atoms with Crippen LogP contribution in [0.25, 0.3) is 10.9 Å². The summed E-state index contributed by atoms with van der Waals surface area (Å²) in [5, 5.41) is 11.9. The lowest BCUT2D eigenvalue weighted by atomic mass is 10.1. The molecule has 0 unspecified atom stereocenters. The highest BCUT2D eigenvalue weighted by Gasteiger charge is 2.13. The Kier molecular flexibility index (Phi) is 3.17. The molecule has 0 aliphatic carbocycles. The molecule has 5 heteroatoms. The summed E-state index contributed by atoms with van der Waals surface area (Å²) in [6.45, 7) is 2.21. The van der Waals surface area contributed by atoms with E-state index < -0.39 is 0 Å². The zero-order valence-electron chi connectivity index (χ0n) is 11.4. The summed E-state index contributed by atoms with van der Waals surface area (Å²) in [6, 6.07) is 11.5. The normalized spacial score (nSPS) is 11.0. The van der Waals surface area contributed by atoms with Gasteiger partial charge in [-0.05, 0) is 42.1 Å². The number of hydrogen-bond donors (Lipinski definition) is 0. The van der Waals surface area contributed by atoms with Crippen molar-refractivity contribution in [3.8, 4) is 0 Å². The number of nitrogens with zero attached hydrogens (tertiary/aromatic N) is 2. The van der Waals surface area contributed by atoms with Crippen molar-refractivity contribution in [1.29, 1.82) is 0 Å². The maximum Gasteiger partial charge on any atom is 0.272 e. The summed E-state index contributed by atoms with van der Waals surface area (Å²) in [5.74, 6) is -0.293. The number of hydrogen-bond acceptors (Lipinski definition) is 2. The molecular formula is C16H13FN2O2. The van der Waals surface area contributed by atoms with Gasteiger partial charge in [0.1, 0.15) is 5.82 Å². The van der Waals surface area contributed by atoms with Crippen LogP contribution in [0, 0.1) is 22.9 Å². The largest absolute Gasteiger partial charge is 0.343 e. The number of nitro benzene ring substituents is 1. The van der Waals surface area contributed by atoms with Crippen LogP contribution in [0.4, 0.5) is 10.1 Å². The molecular weight excluding hydrogens is 271 g/mol. The molecule has 2 aromatic carbocycles. The van der Waals surface area contributed by atoms with Crippen LogP contribution < -0.4 is 0 Å². The van der Waals surface area contributed by atoms with Crippen LogP contribution in [0.5, 0.6) is 0 Å². The zero-order chi connectivity index (χ0) is 15.0. The number of fused-ring (bicyclic) bond motifs is 1. The van der Waals surface area contributed by atoms with E-state index in [9.17, 15) is 14.5 Å². The topological polar surface area (TPSA) is 48.1 Å². The van der Waals surface area contributed by atoms with E-state index in [1.165, 1.54) is 18.2 Å². The van der Waals surface area contributed by atoms with Gasteiger partial charge in [-0.1, -0.05) is 12.1 Å². The van der Waals surface area contributed by atoms with Crippen molar-refractivity contribution in [3.63, 3.8) is 0 Å². The Bertz CT molecular complexity index is 839. The Labute approximate surface area is 120 Å². The summed E-state index contributed by atoms with van der Waals surface area (Å²) in [4.78, 5) is 10.6. The first-order chi connectivity index (χ1) is 10.1. The minimum absolute atomic E-state index is 0.107. The van der Waals surface area contributed by atoms with Gasteiger partial charge >= 0.3 is 0 Å². The minimum Gasteiger partial charge on any atom is -0.343 e. The molecule has 0 amide bonds. The molecule has 1 heterocycles. The Morgan fingerprint density at radius 3 is 2.81 bits per heavy atom. The second kappa shape index (κ2) is 5.01.